The predicted octanol–water partition coefficient (Wildman–Crippen LogP) is 5.10. The van der Waals surface area contributed by atoms with Crippen LogP contribution in [0.2, 0.25) is 5.02 Å². The first-order valence-electron chi connectivity index (χ1n) is 12.0. The van der Waals surface area contributed by atoms with Gasteiger partial charge in [0.2, 0.25) is 0 Å². The normalized spacial score (nSPS) is 18.2. The van der Waals surface area contributed by atoms with E-state index in [0.29, 0.717) is 28.3 Å². The zero-order valence-electron chi connectivity index (χ0n) is 19.2. The molecule has 178 valence electrons. The highest BCUT2D eigenvalue weighted by molar-refractivity contribution is 6.34. The van der Waals surface area contributed by atoms with Crippen LogP contribution in [0, 0.1) is 11.8 Å². The minimum absolute atomic E-state index is 0.0945. The van der Waals surface area contributed by atoms with Crippen LogP contribution in [0.3, 0.4) is 0 Å². The number of carbonyl (C=O) groups excluding carboxylic acids is 1. The largest absolute Gasteiger partial charge is 0.467 e. The van der Waals surface area contributed by atoms with Crippen LogP contribution < -0.4 is 15.0 Å². The van der Waals surface area contributed by atoms with E-state index in [2.05, 4.69) is 20.2 Å². The molecule has 2 aliphatic carbocycles. The van der Waals surface area contributed by atoms with E-state index in [-0.39, 0.29) is 11.8 Å². The minimum Gasteiger partial charge on any atom is -0.467 e. The van der Waals surface area contributed by atoms with Gasteiger partial charge in [-0.1, -0.05) is 43.7 Å². The lowest BCUT2D eigenvalue weighted by atomic mass is 9.88. The Bertz CT molecular complexity index is 945. The Morgan fingerprint density at radius 3 is 2.64 bits per heavy atom. The van der Waals surface area contributed by atoms with Crippen LogP contribution >= 0.6 is 11.6 Å². The number of ether oxygens (including phenoxy) is 1. The molecule has 1 atom stereocenters. The van der Waals surface area contributed by atoms with Gasteiger partial charge < -0.3 is 20.1 Å². The van der Waals surface area contributed by atoms with Gasteiger partial charge in [0.1, 0.15) is 12.0 Å². The topological polar surface area (TPSA) is 87.6 Å². The Morgan fingerprint density at radius 1 is 1.18 bits per heavy atom. The number of benzene rings is 1. The fraction of sp³-hybridized carbons (Fsp3) is 0.560. The molecule has 1 aromatic carbocycles. The van der Waals surface area contributed by atoms with Gasteiger partial charge in [0.15, 0.2) is 0 Å². The lowest BCUT2D eigenvalue weighted by molar-refractivity contribution is 0.0463. The molecule has 1 aromatic heterocycles. The summed E-state index contributed by atoms with van der Waals surface area (Å²) in [6, 6.07) is 7.57. The number of aliphatic hydroxyl groups is 1. The molecule has 0 bridgehead atoms. The number of hydrogen-bond acceptors (Lipinski definition) is 6. The molecule has 1 unspecified atom stereocenters. The first-order valence-corrected chi connectivity index (χ1v) is 12.4. The summed E-state index contributed by atoms with van der Waals surface area (Å²) in [6.45, 7) is 0.785. The average molecular weight is 473 g/mol. The molecule has 2 N–H and O–H groups in total. The quantitative estimate of drug-likeness (QED) is 0.520. The third-order valence-corrected chi connectivity index (χ3v) is 7.20. The van der Waals surface area contributed by atoms with Crippen molar-refractivity contribution >= 4 is 29.0 Å². The van der Waals surface area contributed by atoms with Gasteiger partial charge in [0.05, 0.1) is 17.7 Å². The standard InChI is InChI=1S/C25H33ClN4O3/c1-33-25-27-14-13-22(28-25)30(16-17-7-5-6-8-17)19-11-12-21(26)20(15-19)24(32)29-23(31)18-9-3-2-4-10-18/h11-15,17-18,23,31H,2-10,16H2,1H3,(H,29,32). The molecular formula is C25H33ClN4O3. The number of anilines is 2. The first kappa shape index (κ1) is 23.8. The second kappa shape index (κ2) is 11.2. The summed E-state index contributed by atoms with van der Waals surface area (Å²) in [5.74, 6) is 0.995. The van der Waals surface area contributed by atoms with Crippen molar-refractivity contribution in [2.75, 3.05) is 18.6 Å². The van der Waals surface area contributed by atoms with Crippen LogP contribution in [0.4, 0.5) is 11.5 Å². The molecule has 2 saturated carbocycles. The number of methoxy groups -OCH3 is 1. The highest BCUT2D eigenvalue weighted by Crippen LogP contribution is 2.33. The number of carbonyl (C=O) groups is 1. The van der Waals surface area contributed by atoms with Crippen molar-refractivity contribution in [1.82, 2.24) is 15.3 Å². The number of nitrogens with zero attached hydrogens (tertiary/aromatic N) is 3. The second-order valence-corrected chi connectivity index (χ2v) is 9.55. The van der Waals surface area contributed by atoms with E-state index in [4.69, 9.17) is 16.3 Å². The Balaban J connectivity index is 1.59. The van der Waals surface area contributed by atoms with E-state index in [9.17, 15) is 9.90 Å². The Hall–Kier alpha value is -2.38. The van der Waals surface area contributed by atoms with E-state index in [1.807, 2.05) is 12.1 Å². The van der Waals surface area contributed by atoms with Gasteiger partial charge in [-0.25, -0.2) is 4.98 Å². The van der Waals surface area contributed by atoms with Gasteiger partial charge >= 0.3 is 6.01 Å². The number of hydrogen-bond donors (Lipinski definition) is 2. The summed E-state index contributed by atoms with van der Waals surface area (Å²) < 4.78 is 5.23. The average Bonchev–Trinajstić information content (AvgIpc) is 3.37. The van der Waals surface area contributed by atoms with Gasteiger partial charge in [-0.3, -0.25) is 4.79 Å². The SMILES string of the molecule is COc1nccc(N(CC2CCCC2)c2ccc(Cl)c(C(=O)NC(O)C3CCCCC3)c2)n1. The number of amides is 1. The Labute approximate surface area is 200 Å². The van der Waals surface area contributed by atoms with Crippen molar-refractivity contribution in [2.45, 2.75) is 64.0 Å². The maximum Gasteiger partial charge on any atom is 0.318 e. The van der Waals surface area contributed by atoms with Gasteiger partial charge in [0.25, 0.3) is 5.91 Å². The number of halogens is 1. The van der Waals surface area contributed by atoms with Crippen molar-refractivity contribution in [3.8, 4) is 6.01 Å². The molecule has 1 amide bonds. The number of aromatic nitrogens is 2. The molecule has 2 aliphatic rings. The number of rotatable bonds is 8. The molecule has 0 aliphatic heterocycles. The summed E-state index contributed by atoms with van der Waals surface area (Å²) in [5.41, 5.74) is 1.17. The van der Waals surface area contributed by atoms with Crippen molar-refractivity contribution < 1.29 is 14.6 Å². The van der Waals surface area contributed by atoms with Crippen LogP contribution in [-0.2, 0) is 0 Å². The fourth-order valence-corrected chi connectivity index (χ4v) is 5.20. The van der Waals surface area contributed by atoms with E-state index < -0.39 is 6.23 Å². The second-order valence-electron chi connectivity index (χ2n) is 9.14. The maximum atomic E-state index is 13.1. The smallest absolute Gasteiger partial charge is 0.318 e. The van der Waals surface area contributed by atoms with E-state index in [1.54, 1.807) is 25.4 Å². The van der Waals surface area contributed by atoms with Crippen molar-refractivity contribution in [3.63, 3.8) is 0 Å². The summed E-state index contributed by atoms with van der Waals surface area (Å²) in [5, 5.41) is 13.7. The molecule has 1 heterocycles. The molecule has 8 heteroatoms. The van der Waals surface area contributed by atoms with Crippen LogP contribution in [0.1, 0.15) is 68.1 Å². The van der Waals surface area contributed by atoms with Crippen LogP contribution in [0.25, 0.3) is 0 Å². The Morgan fingerprint density at radius 2 is 1.91 bits per heavy atom. The highest BCUT2D eigenvalue weighted by atomic mass is 35.5. The molecule has 0 radical (unpaired) electrons. The summed E-state index contributed by atoms with van der Waals surface area (Å²) in [4.78, 5) is 23.8. The fourth-order valence-electron chi connectivity index (χ4n) is 5.00. The minimum atomic E-state index is -0.863. The maximum absolute atomic E-state index is 13.1. The van der Waals surface area contributed by atoms with Crippen molar-refractivity contribution in [2.24, 2.45) is 11.8 Å². The first-order chi connectivity index (χ1) is 16.0. The zero-order valence-corrected chi connectivity index (χ0v) is 19.9. The monoisotopic (exact) mass is 472 g/mol. The van der Waals surface area contributed by atoms with Gasteiger partial charge in [-0.15, -0.1) is 0 Å². The third-order valence-electron chi connectivity index (χ3n) is 6.87. The summed E-state index contributed by atoms with van der Waals surface area (Å²) in [6.07, 6.45) is 10.9. The molecule has 2 fully saturated rings. The molecule has 4 rings (SSSR count). The van der Waals surface area contributed by atoms with Crippen LogP contribution in [0.5, 0.6) is 6.01 Å². The van der Waals surface area contributed by atoms with Crippen LogP contribution in [0.15, 0.2) is 30.5 Å². The van der Waals surface area contributed by atoms with E-state index >= 15 is 0 Å². The summed E-state index contributed by atoms with van der Waals surface area (Å²) >= 11 is 6.42. The van der Waals surface area contributed by atoms with E-state index in [0.717, 1.165) is 37.9 Å². The molecular weight excluding hydrogens is 440 g/mol. The van der Waals surface area contributed by atoms with Gasteiger partial charge in [-0.2, -0.15) is 4.98 Å². The van der Waals surface area contributed by atoms with Crippen LogP contribution in [-0.4, -0.2) is 40.9 Å². The van der Waals surface area contributed by atoms with Crippen molar-refractivity contribution in [3.05, 3.63) is 41.0 Å². The number of nitrogens with one attached hydrogen (secondary N) is 1. The number of aliphatic hydroxyl groups excluding tert-OH is 1. The van der Waals surface area contributed by atoms with E-state index in [1.165, 1.54) is 32.1 Å². The molecule has 0 saturated heterocycles. The lowest BCUT2D eigenvalue weighted by Crippen LogP contribution is -2.41. The van der Waals surface area contributed by atoms with Gasteiger partial charge in [-0.05, 0) is 55.9 Å². The van der Waals surface area contributed by atoms with Gasteiger partial charge in [0, 0.05) is 24.3 Å². The molecule has 7 nitrogen and oxygen atoms in total. The zero-order chi connectivity index (χ0) is 23.2. The van der Waals surface area contributed by atoms with Crippen molar-refractivity contribution in [1.29, 1.82) is 0 Å². The summed E-state index contributed by atoms with van der Waals surface area (Å²) in [7, 11) is 1.54. The molecule has 0 spiro atoms. The predicted molar refractivity (Wildman–Crippen MR) is 129 cm³/mol. The highest BCUT2D eigenvalue weighted by Gasteiger charge is 2.26. The lowest BCUT2D eigenvalue weighted by Gasteiger charge is -2.28. The molecule has 33 heavy (non-hydrogen) atoms. The Kier molecular flexibility index (Phi) is 8.04. The third kappa shape index (κ3) is 5.95. The molecule has 2 aromatic rings.